The van der Waals surface area contributed by atoms with Gasteiger partial charge in [-0.2, -0.15) is 0 Å². The quantitative estimate of drug-likeness (QED) is 0.484. The highest BCUT2D eigenvalue weighted by Crippen LogP contribution is 2.33. The number of aryl methyl sites for hydroxylation is 1. The molecule has 3 rings (SSSR count). The first kappa shape index (κ1) is 21.2. The summed E-state index contributed by atoms with van der Waals surface area (Å²) in [6.45, 7) is 6.10. The number of thiazole rings is 1. The highest BCUT2D eigenvalue weighted by atomic mass is 32.1. The number of benzene rings is 2. The second-order valence-corrected chi connectivity index (χ2v) is 8.53. The van der Waals surface area contributed by atoms with Crippen molar-refractivity contribution in [2.75, 3.05) is 25.5 Å². The molecule has 5 heteroatoms. The maximum Gasteiger partial charge on any atom is 0.225 e. The summed E-state index contributed by atoms with van der Waals surface area (Å²) in [6, 6.07) is 18.2. The van der Waals surface area contributed by atoms with Crippen molar-refractivity contribution < 1.29 is 4.79 Å². The first-order valence-electron chi connectivity index (χ1n) is 10.2. The SMILES string of the molecule is CCCCN(C)CCC(=O)Nc1ccc(-c2nc(-c3ccccc3)sc2C)cc1. The summed E-state index contributed by atoms with van der Waals surface area (Å²) in [5, 5.41) is 4.02. The monoisotopic (exact) mass is 407 g/mol. The Morgan fingerprint density at radius 3 is 2.45 bits per heavy atom. The maximum absolute atomic E-state index is 12.2. The molecule has 1 amide bonds. The molecule has 152 valence electrons. The summed E-state index contributed by atoms with van der Waals surface area (Å²) in [6.07, 6.45) is 2.85. The molecule has 0 spiro atoms. The molecule has 3 aromatic rings. The van der Waals surface area contributed by atoms with Gasteiger partial charge in [0, 0.05) is 34.7 Å². The van der Waals surface area contributed by atoms with E-state index in [0.29, 0.717) is 6.42 Å². The lowest BCUT2D eigenvalue weighted by Crippen LogP contribution is -2.25. The lowest BCUT2D eigenvalue weighted by molar-refractivity contribution is -0.116. The Kier molecular flexibility index (Phi) is 7.55. The van der Waals surface area contributed by atoms with Crippen molar-refractivity contribution in [3.05, 3.63) is 59.5 Å². The second-order valence-electron chi connectivity index (χ2n) is 7.32. The van der Waals surface area contributed by atoms with Crippen LogP contribution in [0.2, 0.25) is 0 Å². The van der Waals surface area contributed by atoms with Crippen molar-refractivity contribution in [2.45, 2.75) is 33.1 Å². The highest BCUT2D eigenvalue weighted by molar-refractivity contribution is 7.15. The molecule has 29 heavy (non-hydrogen) atoms. The van der Waals surface area contributed by atoms with Crippen LogP contribution in [0.25, 0.3) is 21.8 Å². The van der Waals surface area contributed by atoms with E-state index in [1.165, 1.54) is 17.7 Å². The van der Waals surface area contributed by atoms with Gasteiger partial charge >= 0.3 is 0 Å². The van der Waals surface area contributed by atoms with Crippen LogP contribution in [0.5, 0.6) is 0 Å². The van der Waals surface area contributed by atoms with Gasteiger partial charge in [-0.3, -0.25) is 4.79 Å². The molecule has 1 heterocycles. The molecule has 0 atom stereocenters. The summed E-state index contributed by atoms with van der Waals surface area (Å²) in [5.41, 5.74) is 4.04. The molecule has 0 bridgehead atoms. The molecule has 0 saturated heterocycles. The van der Waals surface area contributed by atoms with Crippen LogP contribution in [0.3, 0.4) is 0 Å². The molecule has 0 aliphatic heterocycles. The first-order chi connectivity index (χ1) is 14.1. The topological polar surface area (TPSA) is 45.2 Å². The van der Waals surface area contributed by atoms with Crippen LogP contribution < -0.4 is 5.32 Å². The highest BCUT2D eigenvalue weighted by Gasteiger charge is 2.12. The van der Waals surface area contributed by atoms with Crippen LogP contribution in [0.4, 0.5) is 5.69 Å². The molecule has 0 fully saturated rings. The van der Waals surface area contributed by atoms with Crippen LogP contribution >= 0.6 is 11.3 Å². The number of rotatable bonds is 9. The van der Waals surface area contributed by atoms with Crippen LogP contribution in [-0.2, 0) is 4.79 Å². The first-order valence-corrected chi connectivity index (χ1v) is 11.0. The van der Waals surface area contributed by atoms with Gasteiger partial charge < -0.3 is 10.2 Å². The zero-order valence-electron chi connectivity index (χ0n) is 17.4. The standard InChI is InChI=1S/C24H29N3OS/c1-4-5-16-27(3)17-15-22(28)25-21-13-11-19(12-14-21)23-18(2)29-24(26-23)20-9-7-6-8-10-20/h6-14H,4-5,15-17H2,1-3H3,(H,25,28). The minimum Gasteiger partial charge on any atom is -0.326 e. The molecule has 0 radical (unpaired) electrons. The number of carbonyl (C=O) groups is 1. The summed E-state index contributed by atoms with van der Waals surface area (Å²) in [4.78, 5) is 20.5. The van der Waals surface area contributed by atoms with Crippen LogP contribution in [0.15, 0.2) is 54.6 Å². The molecule has 1 N–H and O–H groups in total. The molecular weight excluding hydrogens is 378 g/mol. The van der Waals surface area contributed by atoms with Gasteiger partial charge in [0.1, 0.15) is 5.01 Å². The van der Waals surface area contributed by atoms with Gasteiger partial charge in [-0.1, -0.05) is 55.8 Å². The number of unbranched alkanes of at least 4 members (excludes halogenated alkanes) is 1. The fourth-order valence-corrected chi connectivity index (χ4v) is 4.08. The molecule has 2 aromatic carbocycles. The number of nitrogens with one attached hydrogen (secondary N) is 1. The van der Waals surface area contributed by atoms with E-state index in [1.807, 2.05) is 42.5 Å². The van der Waals surface area contributed by atoms with Gasteiger partial charge in [0.2, 0.25) is 5.91 Å². The summed E-state index contributed by atoms with van der Waals surface area (Å²) >= 11 is 1.71. The summed E-state index contributed by atoms with van der Waals surface area (Å²) < 4.78 is 0. The lowest BCUT2D eigenvalue weighted by Gasteiger charge is -2.15. The van der Waals surface area contributed by atoms with Crippen LogP contribution in [-0.4, -0.2) is 35.9 Å². The van der Waals surface area contributed by atoms with Gasteiger partial charge in [-0.15, -0.1) is 11.3 Å². The minimum atomic E-state index is 0.0531. The third-order valence-corrected chi connectivity index (χ3v) is 5.89. The molecule has 0 saturated carbocycles. The number of hydrogen-bond donors (Lipinski definition) is 1. The number of hydrogen-bond acceptors (Lipinski definition) is 4. The number of aromatic nitrogens is 1. The molecule has 4 nitrogen and oxygen atoms in total. The Balaban J connectivity index is 1.60. The van der Waals surface area contributed by atoms with Gasteiger partial charge in [-0.05, 0) is 39.1 Å². The molecule has 0 aliphatic carbocycles. The van der Waals surface area contributed by atoms with Crippen molar-refractivity contribution in [3.8, 4) is 21.8 Å². The summed E-state index contributed by atoms with van der Waals surface area (Å²) in [5.74, 6) is 0.0531. The van der Waals surface area contributed by atoms with E-state index < -0.39 is 0 Å². The van der Waals surface area contributed by atoms with Crippen molar-refractivity contribution in [2.24, 2.45) is 0 Å². The lowest BCUT2D eigenvalue weighted by atomic mass is 10.1. The van der Waals surface area contributed by atoms with Gasteiger partial charge in [0.15, 0.2) is 0 Å². The van der Waals surface area contributed by atoms with E-state index in [9.17, 15) is 4.79 Å². The Bertz CT molecular complexity index is 919. The van der Waals surface area contributed by atoms with E-state index in [0.717, 1.165) is 40.6 Å². The summed E-state index contributed by atoms with van der Waals surface area (Å²) in [7, 11) is 2.07. The van der Waals surface area contributed by atoms with Gasteiger partial charge in [-0.25, -0.2) is 4.98 Å². The van der Waals surface area contributed by atoms with E-state index in [-0.39, 0.29) is 5.91 Å². The third-order valence-electron chi connectivity index (χ3n) is 4.87. The fraction of sp³-hybridized carbons (Fsp3) is 0.333. The van der Waals surface area contributed by atoms with Crippen molar-refractivity contribution >= 4 is 22.9 Å². The van der Waals surface area contributed by atoms with Crippen LogP contribution in [0, 0.1) is 6.92 Å². The molecule has 1 aromatic heterocycles. The van der Waals surface area contributed by atoms with E-state index >= 15 is 0 Å². The van der Waals surface area contributed by atoms with E-state index in [2.05, 4.69) is 43.2 Å². The van der Waals surface area contributed by atoms with E-state index in [1.54, 1.807) is 11.3 Å². The zero-order chi connectivity index (χ0) is 20.6. The molecule has 0 aliphatic rings. The average molecular weight is 408 g/mol. The largest absolute Gasteiger partial charge is 0.326 e. The third kappa shape index (κ3) is 5.99. The van der Waals surface area contributed by atoms with Gasteiger partial charge in [0.05, 0.1) is 5.69 Å². The van der Waals surface area contributed by atoms with Crippen molar-refractivity contribution in [3.63, 3.8) is 0 Å². The van der Waals surface area contributed by atoms with Crippen molar-refractivity contribution in [1.29, 1.82) is 0 Å². The number of anilines is 1. The number of nitrogens with zero attached hydrogens (tertiary/aromatic N) is 2. The number of amides is 1. The Hall–Kier alpha value is -2.50. The second kappa shape index (κ2) is 10.3. The average Bonchev–Trinajstić information content (AvgIpc) is 3.13. The Morgan fingerprint density at radius 2 is 1.76 bits per heavy atom. The number of carbonyl (C=O) groups excluding carboxylic acids is 1. The minimum absolute atomic E-state index is 0.0531. The predicted octanol–water partition coefficient (Wildman–Crippen LogP) is 5.85. The maximum atomic E-state index is 12.2. The van der Waals surface area contributed by atoms with Crippen molar-refractivity contribution in [1.82, 2.24) is 9.88 Å². The Labute approximate surface area is 177 Å². The van der Waals surface area contributed by atoms with Crippen LogP contribution in [0.1, 0.15) is 31.1 Å². The fourth-order valence-electron chi connectivity index (χ4n) is 3.14. The zero-order valence-corrected chi connectivity index (χ0v) is 18.3. The predicted molar refractivity (Wildman–Crippen MR) is 123 cm³/mol. The molecule has 0 unspecified atom stereocenters. The van der Waals surface area contributed by atoms with Gasteiger partial charge in [0.25, 0.3) is 0 Å². The Morgan fingerprint density at radius 1 is 1.03 bits per heavy atom. The molecular formula is C24H29N3OS. The normalized spacial score (nSPS) is 11.0. The smallest absolute Gasteiger partial charge is 0.225 e. The van der Waals surface area contributed by atoms with E-state index in [4.69, 9.17) is 4.98 Å².